The van der Waals surface area contributed by atoms with Crippen molar-refractivity contribution >= 4 is 12.6 Å². The van der Waals surface area contributed by atoms with Gasteiger partial charge in [-0.3, -0.25) is 0 Å². The fourth-order valence-corrected chi connectivity index (χ4v) is 3.15. The molecule has 2 N–H and O–H groups in total. The van der Waals surface area contributed by atoms with Gasteiger partial charge in [0.1, 0.15) is 23.9 Å². The Labute approximate surface area is 197 Å². The van der Waals surface area contributed by atoms with Crippen molar-refractivity contribution in [3.8, 4) is 23.3 Å². The SMILES string of the molecule is CN1C=C(O)OB(c2ccc(OCc3cccc(Oc4ccc(C#N)cc4)c3)cc2)O/C(O)=C\1. The van der Waals surface area contributed by atoms with Gasteiger partial charge >= 0.3 is 7.12 Å². The van der Waals surface area contributed by atoms with Crippen molar-refractivity contribution in [2.75, 3.05) is 7.05 Å². The van der Waals surface area contributed by atoms with Crippen molar-refractivity contribution in [2.45, 2.75) is 6.61 Å². The van der Waals surface area contributed by atoms with Gasteiger partial charge in [0.15, 0.2) is 0 Å². The van der Waals surface area contributed by atoms with Gasteiger partial charge in [-0.1, -0.05) is 24.3 Å². The van der Waals surface area contributed by atoms with Crippen molar-refractivity contribution < 1.29 is 29.0 Å². The van der Waals surface area contributed by atoms with Crippen molar-refractivity contribution in [3.63, 3.8) is 0 Å². The zero-order valence-corrected chi connectivity index (χ0v) is 18.3. The summed E-state index contributed by atoms with van der Waals surface area (Å²) in [5, 5.41) is 28.6. The molecule has 4 rings (SSSR count). The Bertz CT molecular complexity index is 1210. The normalized spacial score (nSPS) is 14.8. The third-order valence-corrected chi connectivity index (χ3v) is 4.76. The topological polar surface area (TPSA) is 104 Å². The second-order valence-corrected chi connectivity index (χ2v) is 7.41. The molecule has 0 spiro atoms. The van der Waals surface area contributed by atoms with Gasteiger partial charge in [-0.05, 0) is 54.1 Å². The smallest absolute Gasteiger partial charge is 0.494 e. The maximum Gasteiger partial charge on any atom is 0.636 e. The molecular formula is C25H21BN2O6. The summed E-state index contributed by atoms with van der Waals surface area (Å²) < 4.78 is 22.4. The summed E-state index contributed by atoms with van der Waals surface area (Å²) in [6.07, 6.45) is 2.62. The van der Waals surface area contributed by atoms with E-state index in [0.29, 0.717) is 34.9 Å². The zero-order valence-electron chi connectivity index (χ0n) is 18.3. The maximum atomic E-state index is 9.87. The molecule has 170 valence electrons. The minimum atomic E-state index is -1.02. The van der Waals surface area contributed by atoms with Crippen LogP contribution in [-0.2, 0) is 15.9 Å². The van der Waals surface area contributed by atoms with Crippen LogP contribution in [0.1, 0.15) is 11.1 Å². The van der Waals surface area contributed by atoms with E-state index >= 15 is 0 Å². The highest BCUT2D eigenvalue weighted by Crippen LogP contribution is 2.23. The first kappa shape index (κ1) is 22.5. The van der Waals surface area contributed by atoms with Gasteiger partial charge < -0.3 is 33.9 Å². The van der Waals surface area contributed by atoms with Crippen LogP contribution in [0.2, 0.25) is 0 Å². The average molecular weight is 456 g/mol. The molecule has 34 heavy (non-hydrogen) atoms. The molecule has 0 fully saturated rings. The maximum absolute atomic E-state index is 9.87. The van der Waals surface area contributed by atoms with Crippen molar-refractivity contribution in [1.29, 1.82) is 5.26 Å². The van der Waals surface area contributed by atoms with Crippen LogP contribution in [0.15, 0.2) is 97.1 Å². The zero-order chi connectivity index (χ0) is 23.9. The lowest BCUT2D eigenvalue weighted by Gasteiger charge is -2.20. The Kier molecular flexibility index (Phi) is 6.80. The first-order valence-electron chi connectivity index (χ1n) is 10.3. The Balaban J connectivity index is 1.37. The van der Waals surface area contributed by atoms with E-state index in [9.17, 15) is 10.2 Å². The molecule has 0 saturated carbocycles. The van der Waals surface area contributed by atoms with Crippen LogP contribution in [0.3, 0.4) is 0 Å². The van der Waals surface area contributed by atoms with Crippen molar-refractivity contribution in [3.05, 3.63) is 108 Å². The number of aliphatic hydroxyl groups is 2. The van der Waals surface area contributed by atoms with Gasteiger partial charge in [0, 0.05) is 12.5 Å². The Hall–Kier alpha value is -4.71. The predicted molar refractivity (Wildman–Crippen MR) is 125 cm³/mol. The largest absolute Gasteiger partial charge is 0.636 e. The third kappa shape index (κ3) is 5.96. The highest BCUT2D eigenvalue weighted by Gasteiger charge is 2.29. The summed E-state index contributed by atoms with van der Waals surface area (Å²) in [5.74, 6) is 1.22. The van der Waals surface area contributed by atoms with E-state index in [1.165, 1.54) is 17.3 Å². The summed E-state index contributed by atoms with van der Waals surface area (Å²) >= 11 is 0. The predicted octanol–water partition coefficient (Wildman–Crippen LogP) is 4.32. The monoisotopic (exact) mass is 456 g/mol. The first-order valence-corrected chi connectivity index (χ1v) is 10.3. The molecule has 1 aliphatic rings. The Morgan fingerprint density at radius 3 is 2.18 bits per heavy atom. The molecule has 0 aromatic heterocycles. The number of aliphatic hydroxyl groups excluding tert-OH is 2. The van der Waals surface area contributed by atoms with Gasteiger partial charge in [-0.2, -0.15) is 5.26 Å². The molecule has 3 aromatic carbocycles. The summed E-state index contributed by atoms with van der Waals surface area (Å²) in [5.41, 5.74) is 2.06. The van der Waals surface area contributed by atoms with Gasteiger partial charge in [-0.25, -0.2) is 0 Å². The Morgan fingerprint density at radius 2 is 1.53 bits per heavy atom. The number of hydrogen-bond acceptors (Lipinski definition) is 8. The van der Waals surface area contributed by atoms with E-state index in [2.05, 4.69) is 6.07 Å². The van der Waals surface area contributed by atoms with E-state index in [1.807, 2.05) is 24.3 Å². The van der Waals surface area contributed by atoms with E-state index in [0.717, 1.165) is 5.56 Å². The molecular weight excluding hydrogens is 435 g/mol. The molecule has 0 atom stereocenters. The summed E-state index contributed by atoms with van der Waals surface area (Å²) in [4.78, 5) is 1.41. The lowest BCUT2D eigenvalue weighted by Crippen LogP contribution is -2.37. The van der Waals surface area contributed by atoms with E-state index in [4.69, 9.17) is 24.0 Å². The number of hydrogen-bond donors (Lipinski definition) is 2. The van der Waals surface area contributed by atoms with Crippen LogP contribution in [-0.4, -0.2) is 29.3 Å². The molecule has 1 heterocycles. The molecule has 8 nitrogen and oxygen atoms in total. The molecule has 0 bridgehead atoms. The highest BCUT2D eigenvalue weighted by molar-refractivity contribution is 6.61. The Morgan fingerprint density at radius 1 is 0.882 bits per heavy atom. The number of rotatable bonds is 6. The molecule has 1 aliphatic heterocycles. The molecule has 0 amide bonds. The van der Waals surface area contributed by atoms with Gasteiger partial charge in [-0.15, -0.1) is 0 Å². The molecule has 0 unspecified atom stereocenters. The number of ether oxygens (including phenoxy) is 2. The van der Waals surface area contributed by atoms with Crippen LogP contribution < -0.4 is 14.9 Å². The van der Waals surface area contributed by atoms with Crippen LogP contribution in [0.25, 0.3) is 0 Å². The highest BCUT2D eigenvalue weighted by atomic mass is 16.7. The fraction of sp³-hybridized carbons (Fsp3) is 0.0800. The number of benzene rings is 3. The van der Waals surface area contributed by atoms with Gasteiger partial charge in [0.05, 0.1) is 24.0 Å². The molecule has 3 aromatic rings. The minimum Gasteiger partial charge on any atom is -0.494 e. The summed E-state index contributed by atoms with van der Waals surface area (Å²) in [7, 11) is 0.590. The second kappa shape index (κ2) is 10.3. The second-order valence-electron chi connectivity index (χ2n) is 7.41. The first-order chi connectivity index (χ1) is 16.5. The lowest BCUT2D eigenvalue weighted by molar-refractivity contribution is 0.124. The van der Waals surface area contributed by atoms with E-state index in [-0.39, 0.29) is 11.9 Å². The van der Waals surface area contributed by atoms with E-state index < -0.39 is 7.12 Å². The quantitative estimate of drug-likeness (QED) is 0.529. The van der Waals surface area contributed by atoms with E-state index in [1.54, 1.807) is 55.6 Å². The van der Waals surface area contributed by atoms with Crippen molar-refractivity contribution in [1.82, 2.24) is 4.90 Å². The van der Waals surface area contributed by atoms with Crippen LogP contribution in [0, 0.1) is 11.3 Å². The molecule has 0 saturated heterocycles. The molecule has 9 heteroatoms. The molecule has 0 aliphatic carbocycles. The number of nitrogens with zero attached hydrogens (tertiary/aromatic N) is 2. The standard InChI is InChI=1S/C25H21BN2O6/c1-28-15-24(29)33-26(34-25(30)16-28)20-7-11-21(12-8-20)31-17-19-3-2-4-23(13-19)32-22-9-5-18(14-27)6-10-22/h2-13,15-16,29-30H,17H2,1H3/b24-15-,25-16?. The van der Waals surface area contributed by atoms with Crippen LogP contribution in [0.5, 0.6) is 17.2 Å². The van der Waals surface area contributed by atoms with Crippen molar-refractivity contribution in [2.24, 2.45) is 0 Å². The summed E-state index contributed by atoms with van der Waals surface area (Å²) in [6.45, 7) is 0.319. The summed E-state index contributed by atoms with van der Waals surface area (Å²) in [6, 6.07) is 23.4. The minimum absolute atomic E-state index is 0.319. The average Bonchev–Trinajstić information content (AvgIpc) is 2.82. The lowest BCUT2D eigenvalue weighted by atomic mass is 9.79. The number of nitriles is 1. The van der Waals surface area contributed by atoms with Gasteiger partial charge in [0.25, 0.3) is 11.9 Å². The van der Waals surface area contributed by atoms with Gasteiger partial charge in [0.2, 0.25) is 0 Å². The van der Waals surface area contributed by atoms with Crippen LogP contribution in [0.4, 0.5) is 0 Å². The third-order valence-electron chi connectivity index (χ3n) is 4.76. The fourth-order valence-electron chi connectivity index (χ4n) is 3.15. The molecule has 0 radical (unpaired) electrons. The van der Waals surface area contributed by atoms with Crippen LogP contribution >= 0.6 is 0 Å².